The lowest BCUT2D eigenvalue weighted by Gasteiger charge is -2.23. The average Bonchev–Trinajstić information content (AvgIpc) is 2.77. The molecule has 0 radical (unpaired) electrons. The van der Waals surface area contributed by atoms with Crippen LogP contribution in [0.15, 0.2) is 36.4 Å². The molecule has 0 fully saturated rings. The minimum absolute atomic E-state index is 0.0734. The van der Waals surface area contributed by atoms with E-state index >= 15 is 0 Å². The second-order valence-electron chi connectivity index (χ2n) is 6.12. The summed E-state index contributed by atoms with van der Waals surface area (Å²) in [6.45, 7) is 1.51. The van der Waals surface area contributed by atoms with Crippen LogP contribution in [0.4, 0.5) is 11.4 Å². The molecule has 30 heavy (non-hydrogen) atoms. The monoisotopic (exact) mass is 436 g/mol. The summed E-state index contributed by atoms with van der Waals surface area (Å²) in [5.74, 6) is -0.649. The smallest absolute Gasteiger partial charge is 0.337 e. The molecule has 0 saturated carbocycles. The van der Waals surface area contributed by atoms with Gasteiger partial charge in [-0.1, -0.05) is 0 Å². The van der Waals surface area contributed by atoms with Crippen molar-refractivity contribution in [1.29, 1.82) is 0 Å². The molecule has 2 aromatic rings. The topological polar surface area (TPSA) is 111 Å². The molecule has 2 aromatic carbocycles. The fourth-order valence-electron chi connectivity index (χ4n) is 2.66. The Morgan fingerprint density at radius 2 is 1.57 bits per heavy atom. The predicted octanol–water partition coefficient (Wildman–Crippen LogP) is 2.53. The molecule has 2 rings (SSSR count). The van der Waals surface area contributed by atoms with Crippen molar-refractivity contribution >= 4 is 33.3 Å². The van der Waals surface area contributed by atoms with E-state index in [2.05, 4.69) is 10.1 Å². The van der Waals surface area contributed by atoms with Crippen LogP contribution in [0.3, 0.4) is 0 Å². The van der Waals surface area contributed by atoms with E-state index in [0.717, 1.165) is 4.31 Å². The minimum Gasteiger partial charge on any atom is -0.493 e. The number of methoxy groups -OCH3 is 3. The Kier molecular flexibility index (Phi) is 7.28. The third-order valence-electron chi connectivity index (χ3n) is 4.43. The summed E-state index contributed by atoms with van der Waals surface area (Å²) in [5.41, 5.74) is 0.952. The molecule has 1 N–H and O–H groups in total. The third kappa shape index (κ3) is 4.82. The number of carbonyl (C=O) groups is 2. The first-order valence-corrected chi connectivity index (χ1v) is 10.5. The van der Waals surface area contributed by atoms with Gasteiger partial charge in [0.2, 0.25) is 10.0 Å². The van der Waals surface area contributed by atoms with Crippen molar-refractivity contribution < 1.29 is 32.2 Å². The molecule has 0 saturated heterocycles. The van der Waals surface area contributed by atoms with Crippen molar-refractivity contribution in [3.8, 4) is 11.5 Å². The Balaban J connectivity index is 2.47. The lowest BCUT2D eigenvalue weighted by Crippen LogP contribution is -2.30. The van der Waals surface area contributed by atoms with Gasteiger partial charge in [0.05, 0.1) is 43.9 Å². The fraction of sp³-hybridized carbons (Fsp3) is 0.300. The van der Waals surface area contributed by atoms with Crippen molar-refractivity contribution in [3.63, 3.8) is 0 Å². The molecule has 0 aliphatic heterocycles. The van der Waals surface area contributed by atoms with Crippen molar-refractivity contribution in [1.82, 2.24) is 0 Å². The van der Waals surface area contributed by atoms with Crippen LogP contribution in [-0.4, -0.2) is 54.4 Å². The number of amides is 1. The second-order valence-corrected chi connectivity index (χ2v) is 8.40. The highest BCUT2D eigenvalue weighted by atomic mass is 32.2. The molecule has 9 nitrogen and oxygen atoms in total. The van der Waals surface area contributed by atoms with Crippen molar-refractivity contribution in [2.75, 3.05) is 43.8 Å². The van der Waals surface area contributed by atoms with Crippen molar-refractivity contribution in [3.05, 3.63) is 47.5 Å². The van der Waals surface area contributed by atoms with E-state index in [9.17, 15) is 18.0 Å². The van der Waals surface area contributed by atoms with Crippen LogP contribution in [0.1, 0.15) is 27.6 Å². The first-order chi connectivity index (χ1) is 14.2. The summed E-state index contributed by atoms with van der Waals surface area (Å²) in [4.78, 5) is 24.5. The van der Waals surface area contributed by atoms with Crippen molar-refractivity contribution in [2.45, 2.75) is 6.92 Å². The average molecular weight is 436 g/mol. The fourth-order valence-corrected chi connectivity index (χ4v) is 3.50. The van der Waals surface area contributed by atoms with Crippen LogP contribution in [-0.2, 0) is 14.8 Å². The molecule has 162 valence electrons. The summed E-state index contributed by atoms with van der Waals surface area (Å²) in [6, 6.07) is 8.93. The van der Waals surface area contributed by atoms with Crippen LogP contribution in [0.25, 0.3) is 0 Å². The molecule has 0 aliphatic rings. The molecule has 0 atom stereocenters. The molecule has 0 spiro atoms. The maximum Gasteiger partial charge on any atom is 0.337 e. The van der Waals surface area contributed by atoms with Crippen molar-refractivity contribution in [2.24, 2.45) is 0 Å². The predicted molar refractivity (Wildman–Crippen MR) is 113 cm³/mol. The Hall–Kier alpha value is -3.27. The summed E-state index contributed by atoms with van der Waals surface area (Å²) in [5, 5.41) is 2.69. The van der Waals surface area contributed by atoms with Gasteiger partial charge in [0, 0.05) is 18.8 Å². The molecule has 1 amide bonds. The number of benzene rings is 2. The highest BCUT2D eigenvalue weighted by Gasteiger charge is 2.25. The Labute approximate surface area is 175 Å². The zero-order valence-corrected chi connectivity index (χ0v) is 18.2. The number of hydrogen-bond acceptors (Lipinski definition) is 7. The summed E-state index contributed by atoms with van der Waals surface area (Å²) < 4.78 is 41.0. The number of esters is 1. The van der Waals surface area contributed by atoms with Crippen LogP contribution >= 0.6 is 0 Å². The van der Waals surface area contributed by atoms with Crippen LogP contribution in [0.5, 0.6) is 11.5 Å². The first kappa shape index (κ1) is 23.0. The Morgan fingerprint density at radius 3 is 2.07 bits per heavy atom. The van der Waals surface area contributed by atoms with Gasteiger partial charge in [0.1, 0.15) is 0 Å². The number of anilines is 2. The summed E-state index contributed by atoms with van der Waals surface area (Å²) >= 11 is 0. The number of nitrogens with one attached hydrogen (secondary N) is 1. The number of hydrogen-bond donors (Lipinski definition) is 1. The quantitative estimate of drug-likeness (QED) is 0.633. The zero-order valence-electron chi connectivity index (χ0n) is 17.4. The number of ether oxygens (including phenoxy) is 3. The molecular formula is C20H24N2O7S. The van der Waals surface area contributed by atoms with Crippen LogP contribution < -0.4 is 19.1 Å². The van der Waals surface area contributed by atoms with E-state index in [1.807, 2.05) is 0 Å². The van der Waals surface area contributed by atoms with E-state index in [4.69, 9.17) is 9.47 Å². The van der Waals surface area contributed by atoms with Crippen LogP contribution in [0, 0.1) is 0 Å². The number of sulfonamides is 1. The maximum atomic E-state index is 13.0. The SMILES string of the molecule is CCS(=O)(=O)N(C)c1cc(OC)c(OC)cc1C(=O)Nc1ccc(C(=O)OC)cc1. The van der Waals surface area contributed by atoms with Gasteiger partial charge in [0.25, 0.3) is 5.91 Å². The molecule has 0 bridgehead atoms. The van der Waals surface area contributed by atoms with Crippen LogP contribution in [0.2, 0.25) is 0 Å². The minimum atomic E-state index is -3.64. The molecule has 10 heteroatoms. The van der Waals surface area contributed by atoms with E-state index < -0.39 is 21.9 Å². The number of rotatable bonds is 8. The van der Waals surface area contributed by atoms with E-state index in [0.29, 0.717) is 11.3 Å². The van der Waals surface area contributed by atoms with Gasteiger partial charge in [-0.3, -0.25) is 9.10 Å². The van der Waals surface area contributed by atoms with Gasteiger partial charge in [0.15, 0.2) is 11.5 Å². The number of carbonyl (C=O) groups excluding carboxylic acids is 2. The second kappa shape index (κ2) is 9.49. The van der Waals surface area contributed by atoms with E-state index in [1.165, 1.54) is 71.7 Å². The molecule has 0 unspecified atom stereocenters. The summed E-state index contributed by atoms with van der Waals surface area (Å²) in [7, 11) is 1.83. The van der Waals surface area contributed by atoms with Gasteiger partial charge >= 0.3 is 5.97 Å². The van der Waals surface area contributed by atoms with E-state index in [-0.39, 0.29) is 28.5 Å². The standard InChI is InChI=1S/C20H24N2O7S/c1-6-30(25,26)22(2)16-12-18(28-4)17(27-3)11-15(16)19(23)21-14-9-7-13(8-10-14)20(24)29-5/h7-12H,6H2,1-5H3,(H,21,23). The van der Waals surface area contributed by atoms with Gasteiger partial charge in [-0.2, -0.15) is 0 Å². The lowest BCUT2D eigenvalue weighted by atomic mass is 10.1. The zero-order chi connectivity index (χ0) is 22.5. The highest BCUT2D eigenvalue weighted by Crippen LogP contribution is 2.36. The maximum absolute atomic E-state index is 13.0. The highest BCUT2D eigenvalue weighted by molar-refractivity contribution is 7.92. The van der Waals surface area contributed by atoms with E-state index in [1.54, 1.807) is 0 Å². The van der Waals surface area contributed by atoms with Gasteiger partial charge in [-0.15, -0.1) is 0 Å². The Bertz CT molecular complexity index is 1030. The van der Waals surface area contributed by atoms with Gasteiger partial charge in [-0.25, -0.2) is 13.2 Å². The number of nitrogens with zero attached hydrogens (tertiary/aromatic N) is 1. The Morgan fingerprint density at radius 1 is 1.00 bits per heavy atom. The first-order valence-electron chi connectivity index (χ1n) is 8.90. The molecule has 0 heterocycles. The normalized spacial score (nSPS) is 10.8. The lowest BCUT2D eigenvalue weighted by molar-refractivity contribution is 0.0600. The van der Waals surface area contributed by atoms with Gasteiger partial charge < -0.3 is 19.5 Å². The van der Waals surface area contributed by atoms with Gasteiger partial charge in [-0.05, 0) is 37.3 Å². The summed E-state index contributed by atoms with van der Waals surface area (Å²) in [6.07, 6.45) is 0. The largest absolute Gasteiger partial charge is 0.493 e. The third-order valence-corrected chi connectivity index (χ3v) is 6.19. The molecular weight excluding hydrogens is 412 g/mol. The molecule has 0 aromatic heterocycles. The molecule has 0 aliphatic carbocycles.